The molecule has 7 rings (SSSR count). The number of hydrogen-bond acceptors (Lipinski definition) is 9. The second-order valence-corrected chi connectivity index (χ2v) is 19.5. The predicted molar refractivity (Wildman–Crippen MR) is 240 cm³/mol. The van der Waals surface area contributed by atoms with E-state index in [1.807, 2.05) is 24.3 Å². The van der Waals surface area contributed by atoms with Crippen molar-refractivity contribution in [3.8, 4) is 0 Å². The van der Waals surface area contributed by atoms with Gasteiger partial charge in [-0.2, -0.15) is 0 Å². The van der Waals surface area contributed by atoms with Crippen molar-refractivity contribution in [3.05, 3.63) is 101 Å². The number of nitrogens with zero attached hydrogens (tertiary/aromatic N) is 1. The fourth-order valence-corrected chi connectivity index (χ4v) is 10.1. The summed E-state index contributed by atoms with van der Waals surface area (Å²) in [7, 11) is -3.83. The zero-order valence-corrected chi connectivity index (χ0v) is 36.5. The molecule has 2 aliphatic heterocycles. The van der Waals surface area contributed by atoms with Crippen molar-refractivity contribution in [1.82, 2.24) is 20.3 Å². The van der Waals surface area contributed by atoms with Gasteiger partial charge in [0.25, 0.3) is 5.91 Å². The van der Waals surface area contributed by atoms with Gasteiger partial charge in [-0.3, -0.25) is 19.1 Å². The first kappa shape index (κ1) is 44.7. The number of anilines is 1. The number of benzene rings is 2. The summed E-state index contributed by atoms with van der Waals surface area (Å²) in [5, 5.41) is 19.7. The summed E-state index contributed by atoms with van der Waals surface area (Å²) in [5.41, 5.74) is 5.68. The Balaban J connectivity index is 0.922. The number of amides is 4. The third-order valence-electron chi connectivity index (χ3n) is 12.5. The number of likely N-dealkylation sites (tertiary alicyclic amines) is 1. The molecule has 3 aliphatic carbocycles. The van der Waals surface area contributed by atoms with Crippen LogP contribution in [-0.2, 0) is 34.7 Å². The predicted octanol–water partition coefficient (Wildman–Crippen LogP) is 7.63. The second-order valence-electron chi connectivity index (χ2n) is 17.6. The lowest BCUT2D eigenvalue weighted by molar-refractivity contribution is -0.140. The Morgan fingerprint density at radius 1 is 1.00 bits per heavy atom. The van der Waals surface area contributed by atoms with Crippen LogP contribution < -0.4 is 20.7 Å². The Bertz CT molecular complexity index is 2210. The average Bonchev–Trinajstić information content (AvgIpc) is 4.21. The standard InChI is InChI=1S/C48H61N5O8S/c1-3-15-39(44(55)52-62(59,60)36-24-25-36)49-45(56)42-21-14-26-53(42)46(57)41(28-32-16-8-6-9-17-32)50-47(58)61-27-13-5-4-10-18-34-29-38-40(30-37(34)33-22-23-33)51-48(2,31-43(38)54)35-19-11-7-12-20-35/h3,7,10-12,18-20,28-31,33,36,39,41-42,51,54H,1,4-6,8-9,13-17,21-27H2,2H3,(H,49,56)(H,50,58)(H,52,55)/b18-10+/t39?,41?,42-,48?/m0/s1. The average molecular weight is 868 g/mol. The van der Waals surface area contributed by atoms with Crippen molar-refractivity contribution in [3.63, 3.8) is 0 Å². The lowest BCUT2D eigenvalue weighted by Gasteiger charge is -2.35. The van der Waals surface area contributed by atoms with Crippen molar-refractivity contribution >= 4 is 51.4 Å². The molecule has 2 heterocycles. The maximum absolute atomic E-state index is 14.1. The molecule has 1 saturated heterocycles. The molecule has 4 amide bonds. The molecular formula is C48H61N5O8S. The van der Waals surface area contributed by atoms with Gasteiger partial charge in [0.05, 0.1) is 17.4 Å². The summed E-state index contributed by atoms with van der Waals surface area (Å²) in [5.74, 6) is -1.12. The SMILES string of the molecule is C=CCC(NC(=O)[C@@H]1CCCN1C(=O)C(C=C1CCCCC1)NC(=O)OCCCC/C=C/c1cc2c(cc1C1CC1)NC(C)(c1ccccc1)C=C2O)C(=O)NS(=O)(=O)C1CC1. The van der Waals surface area contributed by atoms with Gasteiger partial charge in [-0.25, -0.2) is 13.2 Å². The summed E-state index contributed by atoms with van der Waals surface area (Å²) in [6, 6.07) is 11.2. The van der Waals surface area contributed by atoms with Gasteiger partial charge in [0.2, 0.25) is 21.8 Å². The number of alkyl carbamates (subject to hydrolysis) is 1. The number of aliphatic hydroxyl groups excluding tert-OH is 1. The zero-order chi connectivity index (χ0) is 43.9. The molecule has 0 aromatic heterocycles. The Labute approximate surface area is 365 Å². The van der Waals surface area contributed by atoms with Crippen LogP contribution in [-0.4, -0.2) is 78.8 Å². The van der Waals surface area contributed by atoms with Gasteiger partial charge in [-0.05, 0) is 138 Å². The fourth-order valence-electron chi connectivity index (χ4n) is 8.76. The number of ether oxygens (including phenoxy) is 1. The minimum atomic E-state index is -3.83. The first-order valence-corrected chi connectivity index (χ1v) is 23.9. The Hall–Kier alpha value is -5.37. The van der Waals surface area contributed by atoms with Crippen LogP contribution in [0, 0.1) is 0 Å². The summed E-state index contributed by atoms with van der Waals surface area (Å²) in [6.07, 6.45) is 19.6. The highest BCUT2D eigenvalue weighted by Gasteiger charge is 2.41. The van der Waals surface area contributed by atoms with Crippen molar-refractivity contribution in [2.45, 2.75) is 138 Å². The molecule has 4 fully saturated rings. The largest absolute Gasteiger partial charge is 0.507 e. The van der Waals surface area contributed by atoms with Crippen LogP contribution in [0.3, 0.4) is 0 Å². The van der Waals surface area contributed by atoms with E-state index in [4.69, 9.17) is 4.74 Å². The van der Waals surface area contributed by atoms with E-state index in [9.17, 15) is 32.7 Å². The summed E-state index contributed by atoms with van der Waals surface area (Å²) in [6.45, 7) is 6.16. The number of hydrogen-bond donors (Lipinski definition) is 5. The van der Waals surface area contributed by atoms with Gasteiger partial charge in [0, 0.05) is 17.8 Å². The van der Waals surface area contributed by atoms with Crippen LogP contribution in [0.25, 0.3) is 11.8 Å². The number of unbranched alkanes of at least 4 members (excludes halogenated alkanes) is 2. The normalized spacial score (nSPS) is 22.1. The second kappa shape index (κ2) is 19.8. The van der Waals surface area contributed by atoms with Gasteiger partial charge >= 0.3 is 6.09 Å². The molecule has 3 saturated carbocycles. The number of carbonyl (C=O) groups excluding carboxylic acids is 4. The monoisotopic (exact) mass is 867 g/mol. The fraction of sp³-hybridized carbons (Fsp3) is 0.500. The minimum absolute atomic E-state index is 0.00342. The first-order chi connectivity index (χ1) is 29.8. The summed E-state index contributed by atoms with van der Waals surface area (Å²) in [4.78, 5) is 55.3. The topological polar surface area (TPSA) is 183 Å². The van der Waals surface area contributed by atoms with Gasteiger partial charge in [0.1, 0.15) is 23.9 Å². The third-order valence-corrected chi connectivity index (χ3v) is 14.4. The van der Waals surface area contributed by atoms with Crippen LogP contribution in [0.4, 0.5) is 10.5 Å². The highest BCUT2D eigenvalue weighted by Crippen LogP contribution is 2.47. The van der Waals surface area contributed by atoms with Crippen LogP contribution in [0.1, 0.15) is 131 Å². The van der Waals surface area contributed by atoms with E-state index in [0.29, 0.717) is 38.0 Å². The Morgan fingerprint density at radius 2 is 1.76 bits per heavy atom. The van der Waals surface area contributed by atoms with E-state index in [1.54, 1.807) is 6.08 Å². The molecule has 0 spiro atoms. The van der Waals surface area contributed by atoms with Gasteiger partial charge in [-0.1, -0.05) is 66.6 Å². The van der Waals surface area contributed by atoms with Gasteiger partial charge in [0.15, 0.2) is 0 Å². The molecule has 0 radical (unpaired) electrons. The smallest absolute Gasteiger partial charge is 0.408 e. The van der Waals surface area contributed by atoms with Crippen LogP contribution in [0.15, 0.2) is 78.9 Å². The molecule has 14 heteroatoms. The maximum atomic E-state index is 14.1. The molecule has 2 aromatic carbocycles. The highest BCUT2D eigenvalue weighted by atomic mass is 32.2. The highest BCUT2D eigenvalue weighted by molar-refractivity contribution is 7.90. The van der Waals surface area contributed by atoms with E-state index < -0.39 is 62.8 Å². The van der Waals surface area contributed by atoms with Gasteiger partial charge in [-0.15, -0.1) is 6.58 Å². The van der Waals surface area contributed by atoms with E-state index in [1.165, 1.54) is 16.5 Å². The summed E-state index contributed by atoms with van der Waals surface area (Å²) < 4.78 is 32.5. The van der Waals surface area contributed by atoms with Crippen LogP contribution >= 0.6 is 0 Å². The molecular weight excluding hydrogens is 807 g/mol. The number of aliphatic hydroxyl groups is 1. The van der Waals surface area contributed by atoms with Crippen LogP contribution in [0.2, 0.25) is 0 Å². The number of sulfonamides is 1. The molecule has 5 aliphatic rings. The van der Waals surface area contributed by atoms with E-state index >= 15 is 0 Å². The molecule has 62 heavy (non-hydrogen) atoms. The first-order valence-electron chi connectivity index (χ1n) is 22.4. The van der Waals surface area contributed by atoms with E-state index in [-0.39, 0.29) is 25.3 Å². The minimum Gasteiger partial charge on any atom is -0.507 e. The molecule has 2 aromatic rings. The molecule has 5 N–H and O–H groups in total. The maximum Gasteiger partial charge on any atom is 0.408 e. The van der Waals surface area contributed by atoms with Crippen LogP contribution in [0.5, 0.6) is 0 Å². The Kier molecular flexibility index (Phi) is 14.2. The number of allylic oxidation sites excluding steroid dienone is 2. The Morgan fingerprint density at radius 3 is 2.47 bits per heavy atom. The number of carbonyl (C=O) groups is 4. The molecule has 4 atom stereocenters. The molecule has 13 nitrogen and oxygen atoms in total. The quantitative estimate of drug-likeness (QED) is 0.0743. The third kappa shape index (κ3) is 11.2. The number of nitrogens with one attached hydrogen (secondary N) is 4. The lowest BCUT2D eigenvalue weighted by Crippen LogP contribution is -2.56. The van der Waals surface area contributed by atoms with Crippen molar-refractivity contribution in [2.75, 3.05) is 18.5 Å². The van der Waals surface area contributed by atoms with Crippen molar-refractivity contribution < 1.29 is 37.4 Å². The number of rotatable bonds is 18. The van der Waals surface area contributed by atoms with E-state index in [0.717, 1.165) is 85.7 Å². The van der Waals surface area contributed by atoms with Gasteiger partial charge < -0.3 is 30.7 Å². The molecule has 3 unspecified atom stereocenters. The molecule has 0 bridgehead atoms. The molecule has 332 valence electrons. The zero-order valence-electron chi connectivity index (χ0n) is 35.7. The van der Waals surface area contributed by atoms with Crippen molar-refractivity contribution in [1.29, 1.82) is 0 Å². The number of fused-ring (bicyclic) bond motifs is 1. The summed E-state index contributed by atoms with van der Waals surface area (Å²) >= 11 is 0. The lowest BCUT2D eigenvalue weighted by atomic mass is 9.85. The van der Waals surface area contributed by atoms with Crippen molar-refractivity contribution in [2.24, 2.45) is 0 Å². The van der Waals surface area contributed by atoms with E-state index in [2.05, 4.69) is 70.6 Å².